The summed E-state index contributed by atoms with van der Waals surface area (Å²) in [5, 5.41) is 12.6. The van der Waals surface area contributed by atoms with Gasteiger partial charge >= 0.3 is 5.97 Å². The third kappa shape index (κ3) is 9.03. The summed E-state index contributed by atoms with van der Waals surface area (Å²) in [6.45, 7) is 9.43. The lowest BCUT2D eigenvalue weighted by molar-refractivity contribution is -0.145. The number of nitrogens with one attached hydrogen (secondary N) is 1. The molecular formula is C15H32N2O4. The number of hydrogen-bond acceptors (Lipinski definition) is 5. The molecule has 1 unspecified atom stereocenters. The van der Waals surface area contributed by atoms with Gasteiger partial charge in [-0.1, -0.05) is 0 Å². The Morgan fingerprint density at radius 1 is 1.19 bits per heavy atom. The van der Waals surface area contributed by atoms with Crippen LogP contribution in [0.15, 0.2) is 0 Å². The van der Waals surface area contributed by atoms with E-state index >= 15 is 0 Å². The topological polar surface area (TPSA) is 71.0 Å². The van der Waals surface area contributed by atoms with Crippen molar-refractivity contribution in [1.82, 2.24) is 10.2 Å². The predicted octanol–water partition coefficient (Wildman–Crippen LogP) is 1.20. The summed E-state index contributed by atoms with van der Waals surface area (Å²) >= 11 is 0. The molecule has 1 atom stereocenters. The normalized spacial score (nSPS) is 14.6. The highest BCUT2D eigenvalue weighted by molar-refractivity contribution is 5.78. The molecule has 2 N–H and O–H groups in total. The zero-order valence-electron chi connectivity index (χ0n) is 14.1. The lowest BCUT2D eigenvalue weighted by atomic mass is 9.96. The Morgan fingerprint density at radius 3 is 2.29 bits per heavy atom. The molecule has 126 valence electrons. The molecule has 21 heavy (non-hydrogen) atoms. The zero-order valence-corrected chi connectivity index (χ0v) is 14.1. The number of ether oxygens (including phenoxy) is 2. The zero-order chi connectivity index (χ0) is 16.3. The monoisotopic (exact) mass is 304 g/mol. The Bertz CT molecular complexity index is 287. The number of methoxy groups -OCH3 is 2. The first-order chi connectivity index (χ1) is 9.85. The summed E-state index contributed by atoms with van der Waals surface area (Å²) in [4.78, 5) is 13.7. The van der Waals surface area contributed by atoms with Gasteiger partial charge in [-0.3, -0.25) is 10.1 Å². The maximum atomic E-state index is 11.5. The lowest BCUT2D eigenvalue weighted by Crippen LogP contribution is -2.54. The van der Waals surface area contributed by atoms with Crippen LogP contribution >= 0.6 is 0 Å². The molecule has 0 fully saturated rings. The van der Waals surface area contributed by atoms with E-state index in [1.807, 2.05) is 13.8 Å². The Kier molecular flexibility index (Phi) is 10.6. The van der Waals surface area contributed by atoms with E-state index < -0.39 is 11.5 Å². The van der Waals surface area contributed by atoms with Crippen LogP contribution < -0.4 is 5.32 Å². The number of carboxylic acid groups (broad SMARTS) is 1. The largest absolute Gasteiger partial charge is 0.480 e. The van der Waals surface area contributed by atoms with Crippen molar-refractivity contribution in [2.24, 2.45) is 0 Å². The minimum absolute atomic E-state index is 0.131. The van der Waals surface area contributed by atoms with E-state index in [4.69, 9.17) is 9.47 Å². The van der Waals surface area contributed by atoms with Crippen LogP contribution in [0.25, 0.3) is 0 Å². The standard InChI is InChI=1S/C15H32N2O4/c1-13(2)16-15(3,14(18)19)7-9-17(10-12-21-5)8-6-11-20-4/h13,16H,6-12H2,1-5H3,(H,18,19). The number of rotatable bonds is 13. The first-order valence-corrected chi connectivity index (χ1v) is 7.57. The minimum atomic E-state index is -0.902. The number of nitrogens with zero attached hydrogens (tertiary/aromatic N) is 1. The van der Waals surface area contributed by atoms with Gasteiger partial charge in [0.25, 0.3) is 0 Å². The van der Waals surface area contributed by atoms with Crippen LogP contribution in [0.5, 0.6) is 0 Å². The fourth-order valence-electron chi connectivity index (χ4n) is 2.25. The molecule has 0 aliphatic rings. The van der Waals surface area contributed by atoms with Gasteiger partial charge in [0.2, 0.25) is 0 Å². The van der Waals surface area contributed by atoms with E-state index in [-0.39, 0.29) is 6.04 Å². The van der Waals surface area contributed by atoms with Crippen molar-refractivity contribution in [2.45, 2.75) is 45.2 Å². The van der Waals surface area contributed by atoms with Crippen molar-refractivity contribution < 1.29 is 19.4 Å². The number of carbonyl (C=O) groups is 1. The highest BCUT2D eigenvalue weighted by Gasteiger charge is 2.33. The molecule has 0 saturated heterocycles. The lowest BCUT2D eigenvalue weighted by Gasteiger charge is -2.31. The van der Waals surface area contributed by atoms with Crippen LogP contribution in [0.3, 0.4) is 0 Å². The Labute approximate surface area is 128 Å². The SMILES string of the molecule is COCCCN(CCOC)CCC(C)(NC(C)C)C(=O)O. The molecule has 0 saturated carbocycles. The molecule has 0 aliphatic carbocycles. The fraction of sp³-hybridized carbons (Fsp3) is 0.933. The van der Waals surface area contributed by atoms with Gasteiger partial charge in [-0.25, -0.2) is 0 Å². The van der Waals surface area contributed by atoms with E-state index in [0.717, 1.165) is 26.1 Å². The van der Waals surface area contributed by atoms with E-state index in [9.17, 15) is 9.90 Å². The third-order valence-corrected chi connectivity index (χ3v) is 3.44. The van der Waals surface area contributed by atoms with Gasteiger partial charge < -0.3 is 19.5 Å². The average Bonchev–Trinajstić information content (AvgIpc) is 2.40. The third-order valence-electron chi connectivity index (χ3n) is 3.44. The molecule has 0 aliphatic heterocycles. The van der Waals surface area contributed by atoms with Gasteiger partial charge in [-0.15, -0.1) is 0 Å². The molecule has 0 rings (SSSR count). The highest BCUT2D eigenvalue weighted by atomic mass is 16.5. The second-order valence-electron chi connectivity index (χ2n) is 5.87. The molecule has 0 aromatic rings. The van der Waals surface area contributed by atoms with E-state index in [1.165, 1.54) is 0 Å². The molecule has 0 aromatic carbocycles. The van der Waals surface area contributed by atoms with Crippen LogP contribution in [0, 0.1) is 0 Å². The van der Waals surface area contributed by atoms with Crippen molar-refractivity contribution >= 4 is 5.97 Å². The molecule has 0 amide bonds. The van der Waals surface area contributed by atoms with Gasteiger partial charge in [-0.2, -0.15) is 0 Å². The Hall–Kier alpha value is -0.690. The van der Waals surface area contributed by atoms with Gasteiger partial charge in [0.15, 0.2) is 0 Å². The van der Waals surface area contributed by atoms with Gasteiger partial charge in [-0.05, 0) is 33.6 Å². The summed E-state index contributed by atoms with van der Waals surface area (Å²) in [5.41, 5.74) is -0.902. The van der Waals surface area contributed by atoms with Gasteiger partial charge in [0, 0.05) is 46.5 Å². The van der Waals surface area contributed by atoms with Crippen molar-refractivity contribution in [2.75, 3.05) is 47.1 Å². The first-order valence-electron chi connectivity index (χ1n) is 7.57. The summed E-state index contributed by atoms with van der Waals surface area (Å²) < 4.78 is 10.2. The predicted molar refractivity (Wildman–Crippen MR) is 83.7 cm³/mol. The summed E-state index contributed by atoms with van der Waals surface area (Å²) in [6.07, 6.45) is 1.48. The molecule has 6 heteroatoms. The first kappa shape index (κ1) is 20.3. The maximum Gasteiger partial charge on any atom is 0.323 e. The number of hydrogen-bond donors (Lipinski definition) is 2. The maximum absolute atomic E-state index is 11.5. The molecule has 0 aromatic heterocycles. The van der Waals surface area contributed by atoms with Crippen molar-refractivity contribution in [3.05, 3.63) is 0 Å². The smallest absolute Gasteiger partial charge is 0.323 e. The summed E-state index contributed by atoms with van der Waals surface area (Å²) in [5.74, 6) is -0.806. The van der Waals surface area contributed by atoms with Crippen molar-refractivity contribution in [3.63, 3.8) is 0 Å². The molecule has 0 heterocycles. The summed E-state index contributed by atoms with van der Waals surface area (Å²) in [6, 6.07) is 0.131. The second-order valence-corrected chi connectivity index (χ2v) is 5.87. The van der Waals surface area contributed by atoms with Crippen LogP contribution in [-0.2, 0) is 14.3 Å². The molecule has 0 radical (unpaired) electrons. The average molecular weight is 304 g/mol. The molecule has 0 bridgehead atoms. The van der Waals surface area contributed by atoms with Crippen LogP contribution in [-0.4, -0.2) is 74.6 Å². The van der Waals surface area contributed by atoms with Crippen LogP contribution in [0.1, 0.15) is 33.6 Å². The Morgan fingerprint density at radius 2 is 1.81 bits per heavy atom. The molecule has 0 spiro atoms. The van der Waals surface area contributed by atoms with Crippen molar-refractivity contribution in [3.8, 4) is 0 Å². The van der Waals surface area contributed by atoms with Crippen molar-refractivity contribution in [1.29, 1.82) is 0 Å². The Balaban J connectivity index is 4.47. The minimum Gasteiger partial charge on any atom is -0.480 e. The molecule has 6 nitrogen and oxygen atoms in total. The highest BCUT2D eigenvalue weighted by Crippen LogP contribution is 2.13. The van der Waals surface area contributed by atoms with E-state index in [0.29, 0.717) is 19.6 Å². The molecular weight excluding hydrogens is 272 g/mol. The number of carboxylic acids is 1. The van der Waals surface area contributed by atoms with E-state index in [1.54, 1.807) is 21.1 Å². The van der Waals surface area contributed by atoms with E-state index in [2.05, 4.69) is 10.2 Å². The summed E-state index contributed by atoms with van der Waals surface area (Å²) in [7, 11) is 3.36. The van der Waals surface area contributed by atoms with Crippen LogP contribution in [0.2, 0.25) is 0 Å². The second kappa shape index (κ2) is 11.0. The van der Waals surface area contributed by atoms with Crippen LogP contribution in [0.4, 0.5) is 0 Å². The fourth-order valence-corrected chi connectivity index (χ4v) is 2.25. The quantitative estimate of drug-likeness (QED) is 0.498. The van der Waals surface area contributed by atoms with Gasteiger partial charge in [0.05, 0.1) is 6.61 Å². The number of aliphatic carboxylic acids is 1. The van der Waals surface area contributed by atoms with Gasteiger partial charge in [0.1, 0.15) is 5.54 Å².